The van der Waals surface area contributed by atoms with Crippen molar-refractivity contribution in [2.24, 2.45) is 0 Å². The predicted molar refractivity (Wildman–Crippen MR) is 78.1 cm³/mol. The molecule has 0 radical (unpaired) electrons. The lowest BCUT2D eigenvalue weighted by Crippen LogP contribution is -2.13. The molecule has 2 aromatic rings. The van der Waals surface area contributed by atoms with Gasteiger partial charge in [0.05, 0.1) is 16.3 Å². The number of rotatable bonds is 3. The van der Waals surface area contributed by atoms with E-state index < -0.39 is 0 Å². The minimum Gasteiger partial charge on any atom is -0.298 e. The molecular weight excluding hydrogens is 282 g/mol. The zero-order chi connectivity index (χ0) is 14.0. The zero-order valence-electron chi connectivity index (χ0n) is 10.9. The molecule has 0 atom stereocenters. The van der Waals surface area contributed by atoms with Crippen LogP contribution in [0.4, 0.5) is 5.13 Å². The highest BCUT2D eigenvalue weighted by molar-refractivity contribution is 7.14. The Balaban J connectivity index is 2.16. The van der Waals surface area contributed by atoms with Crippen LogP contribution in [0.15, 0.2) is 17.6 Å². The fourth-order valence-corrected chi connectivity index (χ4v) is 2.63. The zero-order valence-corrected chi connectivity index (χ0v) is 12.5. The summed E-state index contributed by atoms with van der Waals surface area (Å²) in [7, 11) is 0. The second-order valence-electron chi connectivity index (χ2n) is 4.49. The number of halogens is 1. The molecule has 1 amide bonds. The second kappa shape index (κ2) is 5.67. The van der Waals surface area contributed by atoms with Crippen LogP contribution in [-0.4, -0.2) is 15.9 Å². The van der Waals surface area contributed by atoms with Gasteiger partial charge in [0.15, 0.2) is 5.13 Å². The van der Waals surface area contributed by atoms with Gasteiger partial charge in [-0.05, 0) is 18.9 Å². The fraction of sp³-hybridized carbons (Fsp3) is 0.308. The number of carbonyl (C=O) groups excluding carboxylic acids is 1. The summed E-state index contributed by atoms with van der Waals surface area (Å²) in [6.07, 6.45) is 1.48. The Hall–Kier alpha value is -1.46. The maximum Gasteiger partial charge on any atom is 0.260 e. The van der Waals surface area contributed by atoms with E-state index in [1.54, 1.807) is 6.07 Å². The Morgan fingerprint density at radius 3 is 2.79 bits per heavy atom. The summed E-state index contributed by atoms with van der Waals surface area (Å²) in [5.74, 6) is 0.0497. The van der Waals surface area contributed by atoms with Crippen LogP contribution in [-0.2, 0) is 0 Å². The van der Waals surface area contributed by atoms with Crippen LogP contribution in [0, 0.1) is 6.92 Å². The number of nitrogens with zero attached hydrogens (tertiary/aromatic N) is 2. The number of anilines is 1. The molecule has 0 aromatic carbocycles. The largest absolute Gasteiger partial charge is 0.298 e. The van der Waals surface area contributed by atoms with E-state index in [0.717, 1.165) is 11.4 Å². The Morgan fingerprint density at radius 1 is 1.47 bits per heavy atom. The molecule has 100 valence electrons. The molecule has 1 N–H and O–H groups in total. The minimum absolute atomic E-state index is 0.290. The molecule has 2 rings (SSSR count). The van der Waals surface area contributed by atoms with Crippen molar-refractivity contribution < 1.29 is 4.79 Å². The summed E-state index contributed by atoms with van der Waals surface area (Å²) in [6, 6.07) is 1.66. The topological polar surface area (TPSA) is 54.9 Å². The maximum absolute atomic E-state index is 12.1. The number of hydrogen-bond acceptors (Lipinski definition) is 4. The third-order valence-corrected chi connectivity index (χ3v) is 3.66. The number of amides is 1. The summed E-state index contributed by atoms with van der Waals surface area (Å²) in [5.41, 5.74) is 2.10. The van der Waals surface area contributed by atoms with Crippen LogP contribution < -0.4 is 5.32 Å². The van der Waals surface area contributed by atoms with Crippen LogP contribution in [0.1, 0.15) is 41.5 Å². The lowest BCUT2D eigenvalue weighted by Gasteiger charge is -2.04. The Morgan fingerprint density at radius 2 is 2.21 bits per heavy atom. The van der Waals surface area contributed by atoms with Crippen molar-refractivity contribution in [2.45, 2.75) is 26.7 Å². The summed E-state index contributed by atoms with van der Waals surface area (Å²) in [4.78, 5) is 20.5. The average molecular weight is 296 g/mol. The van der Waals surface area contributed by atoms with Crippen LogP contribution in [0.25, 0.3) is 0 Å². The van der Waals surface area contributed by atoms with Gasteiger partial charge in [-0.15, -0.1) is 11.3 Å². The number of carbonyl (C=O) groups is 1. The van der Waals surface area contributed by atoms with Gasteiger partial charge < -0.3 is 0 Å². The summed E-state index contributed by atoms with van der Waals surface area (Å²) >= 11 is 7.43. The first-order valence-corrected chi connectivity index (χ1v) is 7.12. The van der Waals surface area contributed by atoms with E-state index >= 15 is 0 Å². The molecule has 0 aliphatic rings. The lowest BCUT2D eigenvalue weighted by molar-refractivity contribution is 0.102. The van der Waals surface area contributed by atoms with Crippen molar-refractivity contribution in [2.75, 3.05) is 5.32 Å². The number of thiazole rings is 1. The Labute approximate surface area is 120 Å². The highest BCUT2D eigenvalue weighted by Crippen LogP contribution is 2.23. The molecule has 0 fully saturated rings. The van der Waals surface area contributed by atoms with Gasteiger partial charge in [-0.25, -0.2) is 4.98 Å². The van der Waals surface area contributed by atoms with Gasteiger partial charge in [-0.2, -0.15) is 0 Å². The molecule has 6 heteroatoms. The van der Waals surface area contributed by atoms with E-state index in [2.05, 4.69) is 29.1 Å². The minimum atomic E-state index is -0.290. The first kappa shape index (κ1) is 14.0. The monoisotopic (exact) mass is 295 g/mol. The quantitative estimate of drug-likeness (QED) is 0.935. The normalized spacial score (nSPS) is 10.8. The highest BCUT2D eigenvalue weighted by Gasteiger charge is 2.13. The smallest absolute Gasteiger partial charge is 0.260 e. The third kappa shape index (κ3) is 3.30. The van der Waals surface area contributed by atoms with Crippen molar-refractivity contribution in [1.82, 2.24) is 9.97 Å². The van der Waals surface area contributed by atoms with Gasteiger partial charge in [-0.1, -0.05) is 25.4 Å². The first-order valence-electron chi connectivity index (χ1n) is 5.86. The highest BCUT2D eigenvalue weighted by atomic mass is 35.5. The number of aromatic nitrogens is 2. The first-order chi connectivity index (χ1) is 8.97. The SMILES string of the molecule is Cc1cc(Cl)c(C(=O)Nc2nc(C(C)C)cs2)cn1. The number of pyridine rings is 1. The van der Waals surface area contributed by atoms with Crippen molar-refractivity contribution in [3.8, 4) is 0 Å². The number of nitrogens with one attached hydrogen (secondary N) is 1. The Bertz CT molecular complexity index is 610. The summed E-state index contributed by atoms with van der Waals surface area (Å²) < 4.78 is 0. The molecular formula is C13H14ClN3OS. The number of aryl methyl sites for hydroxylation is 1. The molecule has 19 heavy (non-hydrogen) atoms. The van der Waals surface area contributed by atoms with Crippen molar-refractivity contribution in [3.63, 3.8) is 0 Å². The maximum atomic E-state index is 12.1. The fourth-order valence-electron chi connectivity index (χ4n) is 1.47. The van der Waals surface area contributed by atoms with Gasteiger partial charge in [-0.3, -0.25) is 15.1 Å². The van der Waals surface area contributed by atoms with E-state index in [1.807, 2.05) is 12.3 Å². The van der Waals surface area contributed by atoms with Crippen LogP contribution in [0.2, 0.25) is 5.02 Å². The molecule has 4 nitrogen and oxygen atoms in total. The third-order valence-electron chi connectivity index (χ3n) is 2.57. The Kier molecular flexibility index (Phi) is 4.17. The van der Waals surface area contributed by atoms with Gasteiger partial charge in [0.2, 0.25) is 0 Å². The second-order valence-corrected chi connectivity index (χ2v) is 5.76. The summed E-state index contributed by atoms with van der Waals surface area (Å²) in [6.45, 7) is 5.94. The van der Waals surface area contributed by atoms with E-state index in [4.69, 9.17) is 11.6 Å². The predicted octanol–water partition coefficient (Wildman–Crippen LogP) is 3.88. The molecule has 2 heterocycles. The van der Waals surface area contributed by atoms with E-state index in [-0.39, 0.29) is 5.91 Å². The van der Waals surface area contributed by atoms with Crippen LogP contribution in [0.3, 0.4) is 0 Å². The van der Waals surface area contributed by atoms with Crippen molar-refractivity contribution >= 4 is 34.0 Å². The molecule has 0 spiro atoms. The molecule has 0 bridgehead atoms. The van der Waals surface area contributed by atoms with E-state index in [0.29, 0.717) is 21.6 Å². The summed E-state index contributed by atoms with van der Waals surface area (Å²) in [5, 5.41) is 5.65. The molecule has 0 unspecified atom stereocenters. The molecule has 0 saturated heterocycles. The molecule has 0 saturated carbocycles. The van der Waals surface area contributed by atoms with Gasteiger partial charge >= 0.3 is 0 Å². The lowest BCUT2D eigenvalue weighted by atomic mass is 10.2. The molecule has 0 aliphatic carbocycles. The van der Waals surface area contributed by atoms with Gasteiger partial charge in [0, 0.05) is 17.3 Å². The molecule has 2 aromatic heterocycles. The van der Waals surface area contributed by atoms with Gasteiger partial charge in [0.25, 0.3) is 5.91 Å². The molecule has 0 aliphatic heterocycles. The van der Waals surface area contributed by atoms with E-state index in [1.165, 1.54) is 17.5 Å². The van der Waals surface area contributed by atoms with Crippen molar-refractivity contribution in [1.29, 1.82) is 0 Å². The van der Waals surface area contributed by atoms with Gasteiger partial charge in [0.1, 0.15) is 0 Å². The standard InChI is InChI=1S/C13H14ClN3OS/c1-7(2)11-6-19-13(16-11)17-12(18)9-5-15-8(3)4-10(9)14/h4-7H,1-3H3,(H,16,17,18). The van der Waals surface area contributed by atoms with E-state index in [9.17, 15) is 4.79 Å². The number of hydrogen-bond donors (Lipinski definition) is 1. The average Bonchev–Trinajstić information content (AvgIpc) is 2.77. The van der Waals surface area contributed by atoms with Crippen LogP contribution in [0.5, 0.6) is 0 Å². The van der Waals surface area contributed by atoms with Crippen molar-refractivity contribution in [3.05, 3.63) is 39.6 Å². The van der Waals surface area contributed by atoms with Crippen LogP contribution >= 0.6 is 22.9 Å².